The van der Waals surface area contributed by atoms with Crippen LogP contribution < -0.4 is 10.6 Å². The highest BCUT2D eigenvalue weighted by Crippen LogP contribution is 2.33. The van der Waals surface area contributed by atoms with Crippen LogP contribution in [0.5, 0.6) is 0 Å². The van der Waals surface area contributed by atoms with E-state index >= 15 is 0 Å². The Hall–Kier alpha value is -15.7. The summed E-state index contributed by atoms with van der Waals surface area (Å²) < 4.78 is 23.2. The van der Waals surface area contributed by atoms with E-state index in [9.17, 15) is 47.9 Å². The number of carboxylic acid groups (broad SMARTS) is 4. The first kappa shape index (κ1) is 80.4. The minimum atomic E-state index is -1.00. The minimum absolute atomic E-state index is 0.132. The molecule has 0 unspecified atom stereocenters. The number of urea groups is 2. The topological polar surface area (TPSA) is 348 Å². The molecule has 6 N–H and O–H groups in total. The highest BCUT2D eigenvalue weighted by Gasteiger charge is 2.40. The van der Waals surface area contributed by atoms with Gasteiger partial charge >= 0.3 is 35.9 Å². The number of hydrogen-bond acceptors (Lipinski definition) is 16. The van der Waals surface area contributed by atoms with Crippen LogP contribution in [-0.2, 0) is 45.4 Å². The zero-order valence-electron chi connectivity index (χ0n) is 62.5. The lowest BCUT2D eigenvalue weighted by molar-refractivity contribution is -0.124. The molecule has 4 fully saturated rings. The zero-order chi connectivity index (χ0) is 83.3. The fraction of sp³-hybridized carbons (Fsp3) is 0.0667. The van der Waals surface area contributed by atoms with Gasteiger partial charge in [-0.05, 0) is 144 Å². The Balaban J connectivity index is 0.000000136. The van der Waals surface area contributed by atoms with E-state index in [1.54, 1.807) is 133 Å². The fourth-order valence-corrected chi connectivity index (χ4v) is 12.9. The van der Waals surface area contributed by atoms with Gasteiger partial charge in [0.1, 0.15) is 68.9 Å². The highest BCUT2D eigenvalue weighted by molar-refractivity contribution is 7.80. The Morgan fingerprint density at radius 1 is 0.322 bits per heavy atom. The van der Waals surface area contributed by atoms with Gasteiger partial charge in [0.05, 0.1) is 48.4 Å². The molecule has 588 valence electrons. The predicted molar refractivity (Wildman–Crippen MR) is 442 cm³/mol. The van der Waals surface area contributed by atoms with E-state index in [1.807, 2.05) is 121 Å². The maximum atomic E-state index is 12.9. The summed E-state index contributed by atoms with van der Waals surface area (Å²) in [5.74, 6) is -1.19. The number of carbonyl (C=O) groups is 10. The molecule has 0 spiro atoms. The molecule has 16 rings (SSSR count). The number of rotatable bonds is 20. The predicted octanol–water partition coefficient (Wildman–Crippen LogP) is 16.0. The highest BCUT2D eigenvalue weighted by atomic mass is 32.1. The molecular weight excluding hydrogens is 1550 g/mol. The van der Waals surface area contributed by atoms with Gasteiger partial charge in [0, 0.05) is 60.7 Å². The second-order valence-electron chi connectivity index (χ2n) is 26.6. The van der Waals surface area contributed by atoms with Crippen LogP contribution >= 0.6 is 24.4 Å². The van der Waals surface area contributed by atoms with E-state index in [0.717, 1.165) is 38.3 Å². The van der Waals surface area contributed by atoms with Gasteiger partial charge in [0.15, 0.2) is 10.2 Å². The zero-order valence-corrected chi connectivity index (χ0v) is 64.2. The van der Waals surface area contributed by atoms with E-state index in [-0.39, 0.29) is 58.6 Å². The number of thiocarbonyl (C=S) groups is 2. The molecule has 0 saturated carbocycles. The molecule has 118 heavy (non-hydrogen) atoms. The van der Waals surface area contributed by atoms with Crippen LogP contribution in [0.3, 0.4) is 0 Å². The number of carboxylic acids is 4. The molecule has 26 nitrogen and oxygen atoms in total. The number of furan rings is 4. The molecule has 8 amide bonds. The lowest BCUT2D eigenvalue weighted by atomic mass is 10.1. The number of aromatic carboxylic acids is 4. The van der Waals surface area contributed by atoms with E-state index in [1.165, 1.54) is 75.4 Å². The molecule has 0 radical (unpaired) electrons. The summed E-state index contributed by atoms with van der Waals surface area (Å²) in [6.45, 7) is 1.17. The summed E-state index contributed by atoms with van der Waals surface area (Å²) in [5, 5.41) is 42.2. The number of nitrogens with zero attached hydrogens (tertiary/aromatic N) is 6. The Kier molecular flexibility index (Phi) is 24.5. The van der Waals surface area contributed by atoms with Crippen molar-refractivity contribution in [3.63, 3.8) is 0 Å². The van der Waals surface area contributed by atoms with Gasteiger partial charge in [-0.25, -0.2) is 28.8 Å². The standard InChI is InChI=1S/C23H18N2O5.C23H18N2O4S.C22H16N2O5.C22H16N2O4S/c1-24-19(21(26)25(23(24)29)14-15-5-3-2-4-6-15)13-18-11-12-20(30-18)16-7-9-17(10-8-16)22(27)28;1-24-19(21(26)25(23(24)30)14-15-5-3-2-4-6-15)13-18-11-12-20(29-18)16-7-9-17(10-8-16)22(27)28;25-20-18(23-22(28)24(20)13-14-4-2-1-3-5-14)12-17-10-11-19(29-17)15-6-8-16(9-7-15)21(26)27;25-20-18(23-22(29)24(20)13-14-4-2-1-3-5-14)12-17-10-11-19(28-17)15-6-8-16(9-7-15)21(26)27/h2*2-13H,14H2,1H3,(H,27,28);1-12H,13H2,(H,23,28)(H,26,27);1-12H,13H2,(H,23,29)(H,26,27)/b2*19-13-;2*18-12-. The summed E-state index contributed by atoms with van der Waals surface area (Å²) in [7, 11) is 3.30. The molecule has 4 aliphatic heterocycles. The quantitative estimate of drug-likeness (QED) is 0.0234. The van der Waals surface area contributed by atoms with Crippen molar-refractivity contribution in [2.24, 2.45) is 0 Å². The van der Waals surface area contributed by atoms with Crippen molar-refractivity contribution in [3.8, 4) is 45.3 Å². The summed E-state index contributed by atoms with van der Waals surface area (Å²) in [4.78, 5) is 128. The summed E-state index contributed by atoms with van der Waals surface area (Å²) in [5.41, 5.74) is 8.48. The van der Waals surface area contributed by atoms with Crippen LogP contribution in [0.2, 0.25) is 0 Å². The maximum absolute atomic E-state index is 12.9. The Morgan fingerprint density at radius 3 is 0.941 bits per heavy atom. The van der Waals surface area contributed by atoms with Gasteiger partial charge in [-0.2, -0.15) is 0 Å². The molecule has 4 aliphatic rings. The van der Waals surface area contributed by atoms with Gasteiger partial charge in [0.2, 0.25) is 0 Å². The van der Waals surface area contributed by atoms with Crippen LogP contribution in [0.25, 0.3) is 69.6 Å². The third-order valence-corrected chi connectivity index (χ3v) is 19.5. The Morgan fingerprint density at radius 2 is 0.602 bits per heavy atom. The lowest BCUT2D eigenvalue weighted by Gasteiger charge is -2.16. The Bertz CT molecular complexity index is 5630. The van der Waals surface area contributed by atoms with Crippen LogP contribution in [0.15, 0.2) is 307 Å². The molecule has 0 aliphatic carbocycles. The summed E-state index contributed by atoms with van der Waals surface area (Å²) in [6, 6.07) is 76.1. The minimum Gasteiger partial charge on any atom is -0.478 e. The lowest BCUT2D eigenvalue weighted by Crippen LogP contribution is -2.30. The van der Waals surface area contributed by atoms with Gasteiger partial charge < -0.3 is 53.6 Å². The molecule has 8 aromatic carbocycles. The van der Waals surface area contributed by atoms with E-state index in [4.69, 9.17) is 62.5 Å². The van der Waals surface area contributed by atoms with Crippen LogP contribution in [0.4, 0.5) is 9.59 Å². The van der Waals surface area contributed by atoms with Crippen molar-refractivity contribution in [2.45, 2.75) is 26.2 Å². The first-order valence-corrected chi connectivity index (χ1v) is 36.9. The second-order valence-corrected chi connectivity index (χ2v) is 27.3. The molecule has 4 aromatic heterocycles. The number of carbonyl (C=O) groups excluding carboxylic acids is 6. The third kappa shape index (κ3) is 19.0. The van der Waals surface area contributed by atoms with E-state index in [0.29, 0.717) is 91.9 Å². The molecule has 4 saturated heterocycles. The third-order valence-electron chi connectivity index (χ3n) is 18.6. The van der Waals surface area contributed by atoms with Crippen molar-refractivity contribution in [1.29, 1.82) is 0 Å². The number of imide groups is 2. The van der Waals surface area contributed by atoms with Gasteiger partial charge in [0.25, 0.3) is 23.6 Å². The largest absolute Gasteiger partial charge is 0.478 e. The monoisotopic (exact) mass is 1610 g/mol. The van der Waals surface area contributed by atoms with E-state index < -0.39 is 47.8 Å². The number of hydrogen-bond donors (Lipinski definition) is 6. The Labute approximate surface area is 683 Å². The number of amides is 8. The summed E-state index contributed by atoms with van der Waals surface area (Å²) >= 11 is 10.8. The fourth-order valence-electron chi connectivity index (χ4n) is 12.4. The number of likely N-dealkylation sites (N-methyl/N-ethyl adjacent to an activating group) is 2. The SMILES string of the molecule is CN1C(=O)N(Cc2ccccc2)C(=O)/C1=C/c1ccc(-c2ccc(C(=O)O)cc2)o1.CN1C(=S)N(Cc2ccccc2)C(=O)/C1=C/c1ccc(-c2ccc(C(=O)O)cc2)o1.O=C(O)c1ccc(-c2ccc(/C=C3\NC(=O)N(Cc4ccccc4)C3=O)o2)cc1.O=C(O)c1ccc(-c2ccc(/C=C3\NC(=S)N(Cc4ccccc4)C3=O)o2)cc1. The molecule has 28 heteroatoms. The van der Waals surface area contributed by atoms with Gasteiger partial charge in [-0.1, -0.05) is 170 Å². The number of benzene rings is 8. The smallest absolute Gasteiger partial charge is 0.335 e. The van der Waals surface area contributed by atoms with E-state index in [2.05, 4.69) is 10.6 Å². The van der Waals surface area contributed by atoms with Crippen LogP contribution in [0, 0.1) is 0 Å². The van der Waals surface area contributed by atoms with Crippen molar-refractivity contribution in [2.75, 3.05) is 14.1 Å². The molecule has 8 heterocycles. The maximum Gasteiger partial charge on any atom is 0.335 e. The first-order chi connectivity index (χ1) is 56.9. The van der Waals surface area contributed by atoms with Crippen molar-refractivity contribution >= 4 is 119 Å². The van der Waals surface area contributed by atoms with Gasteiger partial charge in [-0.3, -0.25) is 43.7 Å². The molecule has 0 atom stereocenters. The average Bonchev–Trinajstić information content (AvgIpc) is 1.62. The summed E-state index contributed by atoms with van der Waals surface area (Å²) in [6.07, 6.45) is 6.27. The van der Waals surface area contributed by atoms with Crippen molar-refractivity contribution < 1.29 is 86.0 Å². The second kappa shape index (κ2) is 36.0. The van der Waals surface area contributed by atoms with Gasteiger partial charge in [-0.15, -0.1) is 0 Å². The molecule has 12 aromatic rings. The average molecular weight is 1610 g/mol. The normalized spacial score (nSPS) is 15.2. The number of nitrogens with one attached hydrogen (secondary N) is 2. The van der Waals surface area contributed by atoms with Crippen LogP contribution in [0.1, 0.15) is 86.7 Å². The molecular formula is C90H68N8O18S2. The first-order valence-electron chi connectivity index (χ1n) is 36.1. The molecule has 0 bridgehead atoms. The van der Waals surface area contributed by atoms with Crippen LogP contribution in [-0.4, -0.2) is 134 Å². The van der Waals surface area contributed by atoms with Crippen molar-refractivity contribution in [1.82, 2.24) is 40.0 Å². The van der Waals surface area contributed by atoms with Crippen molar-refractivity contribution in [3.05, 3.63) is 357 Å².